The molecule has 0 aromatic rings. The molecular formula is C10H15ClO3. The highest BCUT2D eigenvalue weighted by Crippen LogP contribution is 2.35. The fourth-order valence-corrected chi connectivity index (χ4v) is 1.89. The van der Waals surface area contributed by atoms with Crippen molar-refractivity contribution < 1.29 is 14.3 Å². The zero-order chi connectivity index (χ0) is 10.6. The van der Waals surface area contributed by atoms with Gasteiger partial charge >= 0.3 is 11.9 Å². The number of hydrogen-bond donors (Lipinski definition) is 0. The van der Waals surface area contributed by atoms with Gasteiger partial charge in [0.1, 0.15) is 4.87 Å². The van der Waals surface area contributed by atoms with Crippen LogP contribution >= 0.6 is 11.6 Å². The number of halogens is 1. The monoisotopic (exact) mass is 218 g/mol. The van der Waals surface area contributed by atoms with Crippen molar-refractivity contribution in [3.63, 3.8) is 0 Å². The van der Waals surface area contributed by atoms with E-state index in [-0.39, 0.29) is 6.42 Å². The van der Waals surface area contributed by atoms with E-state index in [4.69, 9.17) is 11.6 Å². The molecule has 3 nitrogen and oxygen atoms in total. The van der Waals surface area contributed by atoms with Gasteiger partial charge < -0.3 is 4.74 Å². The molecule has 0 atom stereocenters. The molecule has 0 spiro atoms. The largest absolute Gasteiger partial charge is 0.392 e. The Balaban J connectivity index is 2.53. The lowest BCUT2D eigenvalue weighted by Gasteiger charge is -2.27. The van der Waals surface area contributed by atoms with Crippen molar-refractivity contribution in [1.29, 1.82) is 0 Å². The molecule has 4 heteroatoms. The first-order valence-electron chi connectivity index (χ1n) is 5.02. The minimum absolute atomic E-state index is 0.207. The quantitative estimate of drug-likeness (QED) is 0.406. The number of carbonyl (C=O) groups is 2. The molecule has 0 saturated heterocycles. The SMILES string of the molecule is CCC(=O)OC(=O)C1(Cl)CCCCC1. The standard InChI is InChI=1S/C10H15ClO3/c1-2-8(12)14-9(13)10(11)6-4-3-5-7-10/h2-7H2,1H3. The Hall–Kier alpha value is -0.570. The molecule has 1 rings (SSSR count). The van der Waals surface area contributed by atoms with Crippen LogP contribution in [0.4, 0.5) is 0 Å². The van der Waals surface area contributed by atoms with E-state index in [0.29, 0.717) is 12.8 Å². The van der Waals surface area contributed by atoms with Crippen molar-refractivity contribution in [2.75, 3.05) is 0 Å². The Morgan fingerprint density at radius 1 is 1.29 bits per heavy atom. The smallest absolute Gasteiger partial charge is 0.334 e. The molecule has 0 radical (unpaired) electrons. The maximum atomic E-state index is 11.5. The minimum Gasteiger partial charge on any atom is -0.392 e. The molecule has 0 aromatic carbocycles. The second kappa shape index (κ2) is 4.78. The average Bonchev–Trinajstić information content (AvgIpc) is 2.18. The molecule has 0 aliphatic heterocycles. The molecule has 0 N–H and O–H groups in total. The van der Waals surface area contributed by atoms with Crippen LogP contribution in [-0.2, 0) is 14.3 Å². The van der Waals surface area contributed by atoms with Gasteiger partial charge in [0.25, 0.3) is 0 Å². The fraction of sp³-hybridized carbons (Fsp3) is 0.800. The Morgan fingerprint density at radius 2 is 1.86 bits per heavy atom. The summed E-state index contributed by atoms with van der Waals surface area (Å²) in [6.45, 7) is 1.65. The molecule has 1 aliphatic carbocycles. The average molecular weight is 219 g/mol. The molecule has 0 aromatic heterocycles. The predicted molar refractivity (Wildman–Crippen MR) is 53.1 cm³/mol. The van der Waals surface area contributed by atoms with Gasteiger partial charge in [-0.3, -0.25) is 4.79 Å². The maximum Gasteiger partial charge on any atom is 0.334 e. The van der Waals surface area contributed by atoms with E-state index in [0.717, 1.165) is 19.3 Å². The van der Waals surface area contributed by atoms with Crippen molar-refractivity contribution in [3.8, 4) is 0 Å². The van der Waals surface area contributed by atoms with Crippen LogP contribution in [0, 0.1) is 0 Å². The minimum atomic E-state index is -0.941. The Labute approximate surface area is 88.8 Å². The third-order valence-corrected chi connectivity index (χ3v) is 3.04. The first-order chi connectivity index (χ1) is 6.58. The van der Waals surface area contributed by atoms with Gasteiger partial charge in [-0.1, -0.05) is 26.2 Å². The topological polar surface area (TPSA) is 43.4 Å². The molecule has 0 bridgehead atoms. The summed E-state index contributed by atoms with van der Waals surface area (Å²) in [5.74, 6) is -1.06. The van der Waals surface area contributed by atoms with E-state index in [9.17, 15) is 9.59 Å². The fourth-order valence-electron chi connectivity index (χ4n) is 1.58. The maximum absolute atomic E-state index is 11.5. The van der Waals surface area contributed by atoms with Gasteiger partial charge in [0.2, 0.25) is 0 Å². The first kappa shape index (κ1) is 11.5. The summed E-state index contributed by atoms with van der Waals surface area (Å²) >= 11 is 6.10. The van der Waals surface area contributed by atoms with Gasteiger partial charge in [-0.05, 0) is 12.8 Å². The van der Waals surface area contributed by atoms with Gasteiger partial charge in [-0.15, -0.1) is 11.6 Å². The third-order valence-electron chi connectivity index (χ3n) is 2.51. The van der Waals surface area contributed by atoms with Crippen LogP contribution < -0.4 is 0 Å². The van der Waals surface area contributed by atoms with Crippen LogP contribution in [0.2, 0.25) is 0 Å². The van der Waals surface area contributed by atoms with Gasteiger partial charge in [0.15, 0.2) is 0 Å². The molecule has 0 unspecified atom stereocenters. The zero-order valence-corrected chi connectivity index (χ0v) is 9.10. The predicted octanol–water partition coefficient (Wildman–Crippen LogP) is 2.41. The first-order valence-corrected chi connectivity index (χ1v) is 5.40. The van der Waals surface area contributed by atoms with E-state index in [1.54, 1.807) is 6.92 Å². The lowest BCUT2D eigenvalue weighted by Crippen LogP contribution is -2.37. The highest BCUT2D eigenvalue weighted by Gasteiger charge is 2.39. The van der Waals surface area contributed by atoms with Crippen molar-refractivity contribution in [2.24, 2.45) is 0 Å². The van der Waals surface area contributed by atoms with E-state index < -0.39 is 16.8 Å². The van der Waals surface area contributed by atoms with Gasteiger partial charge in [0.05, 0.1) is 0 Å². The van der Waals surface area contributed by atoms with Crippen LogP contribution in [0.3, 0.4) is 0 Å². The number of alkyl halides is 1. The van der Waals surface area contributed by atoms with Crippen molar-refractivity contribution in [1.82, 2.24) is 0 Å². The molecule has 1 saturated carbocycles. The summed E-state index contributed by atoms with van der Waals surface area (Å²) in [6, 6.07) is 0. The summed E-state index contributed by atoms with van der Waals surface area (Å²) < 4.78 is 4.63. The van der Waals surface area contributed by atoms with Gasteiger partial charge in [-0.2, -0.15) is 0 Å². The lowest BCUT2D eigenvalue weighted by atomic mass is 9.88. The van der Waals surface area contributed by atoms with Crippen LogP contribution in [0.5, 0.6) is 0 Å². The van der Waals surface area contributed by atoms with E-state index in [1.807, 2.05) is 0 Å². The van der Waals surface area contributed by atoms with Crippen LogP contribution in [-0.4, -0.2) is 16.8 Å². The number of carbonyl (C=O) groups excluding carboxylic acids is 2. The summed E-state index contributed by atoms with van der Waals surface area (Å²) in [7, 11) is 0. The molecule has 1 aliphatic rings. The molecule has 14 heavy (non-hydrogen) atoms. The number of hydrogen-bond acceptors (Lipinski definition) is 3. The second-order valence-electron chi connectivity index (χ2n) is 3.64. The summed E-state index contributed by atoms with van der Waals surface area (Å²) in [5, 5.41) is 0. The Morgan fingerprint density at radius 3 is 2.36 bits per heavy atom. The van der Waals surface area contributed by atoms with Gasteiger partial charge in [0, 0.05) is 6.42 Å². The van der Waals surface area contributed by atoms with Crippen molar-refractivity contribution >= 4 is 23.5 Å². The lowest BCUT2D eigenvalue weighted by molar-refractivity contribution is -0.162. The third kappa shape index (κ3) is 2.71. The van der Waals surface area contributed by atoms with Gasteiger partial charge in [-0.25, -0.2) is 4.79 Å². The van der Waals surface area contributed by atoms with E-state index >= 15 is 0 Å². The molecular weight excluding hydrogens is 204 g/mol. The Bertz CT molecular complexity index is 232. The van der Waals surface area contributed by atoms with Crippen LogP contribution in [0.25, 0.3) is 0 Å². The molecule has 0 amide bonds. The van der Waals surface area contributed by atoms with Crippen molar-refractivity contribution in [3.05, 3.63) is 0 Å². The second-order valence-corrected chi connectivity index (χ2v) is 4.36. The molecule has 80 valence electrons. The van der Waals surface area contributed by atoms with Crippen molar-refractivity contribution in [2.45, 2.75) is 50.3 Å². The number of rotatable bonds is 2. The van der Waals surface area contributed by atoms with Crippen LogP contribution in [0.15, 0.2) is 0 Å². The number of esters is 2. The highest BCUT2D eigenvalue weighted by atomic mass is 35.5. The van der Waals surface area contributed by atoms with E-state index in [2.05, 4.69) is 4.74 Å². The zero-order valence-electron chi connectivity index (χ0n) is 8.35. The molecule has 0 heterocycles. The normalized spacial score (nSPS) is 20.1. The summed E-state index contributed by atoms with van der Waals surface area (Å²) in [4.78, 5) is 21.5. The highest BCUT2D eigenvalue weighted by molar-refractivity contribution is 6.34. The van der Waals surface area contributed by atoms with E-state index in [1.165, 1.54) is 0 Å². The summed E-state index contributed by atoms with van der Waals surface area (Å²) in [6.07, 6.45) is 4.40. The number of ether oxygens (including phenoxy) is 1. The van der Waals surface area contributed by atoms with Crippen LogP contribution in [0.1, 0.15) is 45.4 Å². The Kier molecular flexibility index (Phi) is 3.93. The summed E-state index contributed by atoms with van der Waals surface area (Å²) in [5.41, 5.74) is 0. The molecule has 1 fully saturated rings.